The third-order valence-electron chi connectivity index (χ3n) is 6.23. The van der Waals surface area contributed by atoms with Gasteiger partial charge in [-0.05, 0) is 43.2 Å². The Morgan fingerprint density at radius 1 is 1.12 bits per heavy atom. The first-order chi connectivity index (χ1) is 15.5. The summed E-state index contributed by atoms with van der Waals surface area (Å²) in [7, 11) is 0. The number of hydrogen-bond donors (Lipinski definition) is 1. The monoisotopic (exact) mass is 437 g/mol. The molecule has 0 saturated carbocycles. The van der Waals surface area contributed by atoms with Gasteiger partial charge in [0.1, 0.15) is 6.61 Å². The van der Waals surface area contributed by atoms with E-state index in [9.17, 15) is 19.7 Å². The average molecular weight is 437 g/mol. The number of esters is 1. The number of hydrogen-bond acceptors (Lipinski definition) is 6. The summed E-state index contributed by atoms with van der Waals surface area (Å²) >= 11 is 0. The number of carbonyl (C=O) groups is 2. The van der Waals surface area contributed by atoms with Crippen LogP contribution in [0.1, 0.15) is 41.6 Å². The van der Waals surface area contributed by atoms with Crippen molar-refractivity contribution in [1.29, 1.82) is 0 Å². The molecule has 32 heavy (non-hydrogen) atoms. The molecule has 0 bridgehead atoms. The normalized spacial score (nSPS) is 18.9. The number of piperidine rings is 1. The van der Waals surface area contributed by atoms with Crippen LogP contribution in [0.3, 0.4) is 0 Å². The first-order valence-corrected chi connectivity index (χ1v) is 11.0. The molecular weight excluding hydrogens is 410 g/mol. The third kappa shape index (κ3) is 5.25. The topological polar surface area (TPSA) is 102 Å². The molecule has 2 fully saturated rings. The summed E-state index contributed by atoms with van der Waals surface area (Å²) in [4.78, 5) is 37.1. The largest absolute Gasteiger partial charge is 0.460 e. The lowest BCUT2D eigenvalue weighted by Crippen LogP contribution is -2.35. The molecule has 1 amide bonds. The predicted octanol–water partition coefficient (Wildman–Crippen LogP) is 3.49. The van der Waals surface area contributed by atoms with E-state index in [1.165, 1.54) is 17.7 Å². The Morgan fingerprint density at radius 2 is 1.88 bits per heavy atom. The molecule has 2 aromatic carbocycles. The van der Waals surface area contributed by atoms with Crippen LogP contribution >= 0.6 is 0 Å². The Morgan fingerprint density at radius 3 is 2.53 bits per heavy atom. The lowest BCUT2D eigenvalue weighted by atomic mass is 9.90. The number of rotatable bonds is 7. The molecule has 168 valence electrons. The lowest BCUT2D eigenvalue weighted by molar-refractivity contribution is -0.384. The Labute approximate surface area is 186 Å². The van der Waals surface area contributed by atoms with Gasteiger partial charge in [-0.2, -0.15) is 0 Å². The van der Waals surface area contributed by atoms with Gasteiger partial charge in [-0.15, -0.1) is 0 Å². The van der Waals surface area contributed by atoms with E-state index >= 15 is 0 Å². The summed E-state index contributed by atoms with van der Waals surface area (Å²) in [6, 6.07) is 14.6. The number of amides is 1. The minimum atomic E-state index is -0.601. The van der Waals surface area contributed by atoms with Gasteiger partial charge in [-0.1, -0.05) is 30.3 Å². The minimum Gasteiger partial charge on any atom is -0.460 e. The molecule has 0 radical (unpaired) electrons. The minimum absolute atomic E-state index is 0.0551. The van der Waals surface area contributed by atoms with Gasteiger partial charge in [0.25, 0.3) is 5.69 Å². The second-order valence-electron chi connectivity index (χ2n) is 8.48. The first-order valence-electron chi connectivity index (χ1n) is 11.0. The Balaban J connectivity index is 1.44. The van der Waals surface area contributed by atoms with Gasteiger partial charge >= 0.3 is 5.97 Å². The molecule has 2 aliphatic rings. The first kappa shape index (κ1) is 21.8. The van der Waals surface area contributed by atoms with E-state index in [2.05, 4.69) is 34.5 Å². The van der Waals surface area contributed by atoms with Crippen molar-refractivity contribution in [2.24, 2.45) is 5.92 Å². The fraction of sp³-hybridized carbons (Fsp3) is 0.417. The van der Waals surface area contributed by atoms with Crippen molar-refractivity contribution in [3.8, 4) is 0 Å². The molecule has 1 N–H and O–H groups in total. The Hall–Kier alpha value is -3.42. The molecule has 2 aliphatic heterocycles. The predicted molar refractivity (Wildman–Crippen MR) is 120 cm³/mol. The highest BCUT2D eigenvalue weighted by Gasteiger charge is 2.27. The number of nitro groups is 1. The molecular formula is C24H27N3O5. The van der Waals surface area contributed by atoms with Crippen molar-refractivity contribution < 1.29 is 19.2 Å². The van der Waals surface area contributed by atoms with Gasteiger partial charge in [0.05, 0.1) is 22.2 Å². The van der Waals surface area contributed by atoms with Gasteiger partial charge in [0.15, 0.2) is 0 Å². The zero-order valence-electron chi connectivity index (χ0n) is 17.9. The van der Waals surface area contributed by atoms with Gasteiger partial charge in [0.2, 0.25) is 5.91 Å². The zero-order valence-corrected chi connectivity index (χ0v) is 17.9. The number of nitrogens with zero attached hydrogens (tertiary/aromatic N) is 2. The van der Waals surface area contributed by atoms with Crippen LogP contribution in [0.4, 0.5) is 11.4 Å². The van der Waals surface area contributed by atoms with Gasteiger partial charge in [-0.3, -0.25) is 14.9 Å². The third-order valence-corrected chi connectivity index (χ3v) is 6.23. The average Bonchev–Trinajstić information content (AvgIpc) is 3.23. The summed E-state index contributed by atoms with van der Waals surface area (Å²) in [5.74, 6) is -0.0928. The highest BCUT2D eigenvalue weighted by molar-refractivity contribution is 5.96. The highest BCUT2D eigenvalue weighted by atomic mass is 16.6. The van der Waals surface area contributed by atoms with Crippen LogP contribution in [0.2, 0.25) is 0 Å². The molecule has 8 heteroatoms. The molecule has 8 nitrogen and oxygen atoms in total. The van der Waals surface area contributed by atoms with Gasteiger partial charge in [0, 0.05) is 31.6 Å². The second-order valence-corrected chi connectivity index (χ2v) is 8.48. The lowest BCUT2D eigenvalue weighted by Gasteiger charge is -2.34. The van der Waals surface area contributed by atoms with E-state index in [-0.39, 0.29) is 29.8 Å². The van der Waals surface area contributed by atoms with E-state index in [4.69, 9.17) is 4.74 Å². The second kappa shape index (κ2) is 9.80. The fourth-order valence-electron chi connectivity index (χ4n) is 4.46. The maximum absolute atomic E-state index is 12.8. The number of benzene rings is 2. The van der Waals surface area contributed by atoms with Crippen LogP contribution in [0.15, 0.2) is 48.5 Å². The molecule has 2 aromatic rings. The standard InChI is InChI=1S/C24H27N3O5/c28-23-9-6-19(25-23)16-32-24(29)21-15-20(27(30)31)7-8-22(21)26-12-10-18(11-13-26)14-17-4-2-1-3-5-17/h1-5,7-8,15,18-19H,6,9-14,16H2,(H,25,28)/t19-/m1/s1. The van der Waals surface area contributed by atoms with E-state index in [1.54, 1.807) is 6.07 Å². The molecule has 0 unspecified atom stereocenters. The van der Waals surface area contributed by atoms with E-state index < -0.39 is 10.9 Å². The fourth-order valence-corrected chi connectivity index (χ4v) is 4.46. The van der Waals surface area contributed by atoms with E-state index in [1.807, 2.05) is 6.07 Å². The highest BCUT2D eigenvalue weighted by Crippen LogP contribution is 2.31. The van der Waals surface area contributed by atoms with Crippen molar-refractivity contribution in [3.63, 3.8) is 0 Å². The smallest absolute Gasteiger partial charge is 0.340 e. The molecule has 2 heterocycles. The summed E-state index contributed by atoms with van der Waals surface area (Å²) in [5.41, 5.74) is 2.04. The summed E-state index contributed by atoms with van der Waals surface area (Å²) in [5, 5.41) is 14.0. The van der Waals surface area contributed by atoms with Gasteiger partial charge < -0.3 is 15.0 Å². The summed E-state index contributed by atoms with van der Waals surface area (Å²) < 4.78 is 5.42. The molecule has 2 saturated heterocycles. The zero-order chi connectivity index (χ0) is 22.5. The van der Waals surface area contributed by atoms with Crippen molar-refractivity contribution in [2.45, 2.75) is 38.1 Å². The van der Waals surface area contributed by atoms with E-state index in [0.29, 0.717) is 24.4 Å². The Kier molecular flexibility index (Phi) is 6.68. The van der Waals surface area contributed by atoms with Gasteiger partial charge in [-0.25, -0.2) is 4.79 Å². The van der Waals surface area contributed by atoms with Crippen LogP contribution in [0.25, 0.3) is 0 Å². The maximum Gasteiger partial charge on any atom is 0.340 e. The SMILES string of the molecule is O=C1CC[C@H](COC(=O)c2cc([N+](=O)[O-])ccc2N2CCC(Cc3ccccc3)CC2)N1. The number of nitro benzene ring substituents is 1. The van der Waals surface area contributed by atoms with Crippen molar-refractivity contribution >= 4 is 23.3 Å². The van der Waals surface area contributed by atoms with Crippen LogP contribution < -0.4 is 10.2 Å². The van der Waals surface area contributed by atoms with Crippen LogP contribution in [-0.4, -0.2) is 42.5 Å². The summed E-state index contributed by atoms with van der Waals surface area (Å²) in [6.07, 6.45) is 4.02. The molecule has 0 aromatic heterocycles. The number of carbonyl (C=O) groups excluding carboxylic acids is 2. The number of nitrogens with one attached hydrogen (secondary N) is 1. The molecule has 1 atom stereocenters. The molecule has 0 spiro atoms. The molecule has 4 rings (SSSR count). The van der Waals surface area contributed by atoms with Crippen LogP contribution in [0, 0.1) is 16.0 Å². The number of non-ortho nitro benzene ring substituents is 1. The summed E-state index contributed by atoms with van der Waals surface area (Å²) in [6.45, 7) is 1.61. The van der Waals surface area contributed by atoms with E-state index in [0.717, 1.165) is 32.4 Å². The van der Waals surface area contributed by atoms with Crippen LogP contribution in [-0.2, 0) is 16.0 Å². The maximum atomic E-state index is 12.8. The number of ether oxygens (including phenoxy) is 1. The quantitative estimate of drug-likeness (QED) is 0.404. The Bertz CT molecular complexity index is 986. The van der Waals surface area contributed by atoms with Crippen molar-refractivity contribution in [1.82, 2.24) is 5.32 Å². The molecule has 0 aliphatic carbocycles. The van der Waals surface area contributed by atoms with Crippen molar-refractivity contribution in [3.05, 3.63) is 69.8 Å². The van der Waals surface area contributed by atoms with Crippen LogP contribution in [0.5, 0.6) is 0 Å². The number of anilines is 1. The van der Waals surface area contributed by atoms with Crippen molar-refractivity contribution in [2.75, 3.05) is 24.6 Å².